The molecule has 0 radical (unpaired) electrons. The Kier molecular flexibility index (Phi) is 4.48. The van der Waals surface area contributed by atoms with E-state index < -0.39 is 5.60 Å². The van der Waals surface area contributed by atoms with Gasteiger partial charge in [-0.3, -0.25) is 4.79 Å². The summed E-state index contributed by atoms with van der Waals surface area (Å²) in [4.78, 5) is 25.1. The van der Waals surface area contributed by atoms with Gasteiger partial charge in [0, 0.05) is 11.3 Å². The van der Waals surface area contributed by atoms with Crippen molar-refractivity contribution in [2.45, 2.75) is 64.9 Å². The SMILES string of the molecule is CC1=C(C(=O)Nc2ccc(C)c(C)c2)C2(CCCCCC2)OC1=O. The van der Waals surface area contributed by atoms with E-state index in [4.69, 9.17) is 4.74 Å². The second-order valence-corrected chi connectivity index (χ2v) is 7.05. The molecule has 1 amide bonds. The highest BCUT2D eigenvalue weighted by Crippen LogP contribution is 2.43. The van der Waals surface area contributed by atoms with Crippen LogP contribution >= 0.6 is 0 Å². The van der Waals surface area contributed by atoms with Crippen LogP contribution in [0.5, 0.6) is 0 Å². The Labute approximate surface area is 143 Å². The van der Waals surface area contributed by atoms with Gasteiger partial charge in [-0.25, -0.2) is 4.79 Å². The summed E-state index contributed by atoms with van der Waals surface area (Å²) in [5, 5.41) is 2.97. The summed E-state index contributed by atoms with van der Waals surface area (Å²) in [6.45, 7) is 5.76. The molecule has 1 aromatic rings. The van der Waals surface area contributed by atoms with E-state index in [1.165, 1.54) is 5.56 Å². The molecule has 1 saturated carbocycles. The Morgan fingerprint density at radius 3 is 2.33 bits per heavy atom. The average molecular weight is 327 g/mol. The average Bonchev–Trinajstić information content (AvgIpc) is 2.68. The Balaban J connectivity index is 1.90. The fraction of sp³-hybridized carbons (Fsp3) is 0.500. The van der Waals surface area contributed by atoms with Crippen molar-refractivity contribution in [3.8, 4) is 0 Å². The van der Waals surface area contributed by atoms with Crippen LogP contribution in [0.2, 0.25) is 0 Å². The lowest BCUT2D eigenvalue weighted by Crippen LogP contribution is -2.36. The van der Waals surface area contributed by atoms with Gasteiger partial charge in [0.1, 0.15) is 5.60 Å². The van der Waals surface area contributed by atoms with Crippen LogP contribution in [0.1, 0.15) is 56.6 Å². The van der Waals surface area contributed by atoms with Crippen LogP contribution in [-0.2, 0) is 14.3 Å². The summed E-state index contributed by atoms with van der Waals surface area (Å²) in [5.41, 5.74) is 3.34. The summed E-state index contributed by atoms with van der Waals surface area (Å²) < 4.78 is 5.72. The molecule has 128 valence electrons. The zero-order chi connectivity index (χ0) is 17.3. The second-order valence-electron chi connectivity index (χ2n) is 7.05. The molecule has 0 unspecified atom stereocenters. The molecule has 1 fully saturated rings. The number of esters is 1. The van der Waals surface area contributed by atoms with E-state index in [9.17, 15) is 9.59 Å². The maximum atomic E-state index is 13.0. The first-order valence-electron chi connectivity index (χ1n) is 8.76. The minimum atomic E-state index is -0.721. The molecule has 1 aliphatic heterocycles. The number of carbonyl (C=O) groups excluding carboxylic acids is 2. The standard InChI is InChI=1S/C20H25NO3/c1-13-8-9-16(12-14(13)2)21-18(22)17-15(3)19(23)24-20(17)10-6-4-5-7-11-20/h8-9,12H,4-7,10-11H2,1-3H3,(H,21,22). The molecule has 1 heterocycles. The molecule has 1 N–H and O–H groups in total. The molecule has 0 bridgehead atoms. The molecular formula is C20H25NO3. The lowest BCUT2D eigenvalue weighted by Gasteiger charge is -2.29. The molecule has 4 nitrogen and oxygen atoms in total. The number of carbonyl (C=O) groups is 2. The minimum absolute atomic E-state index is 0.205. The van der Waals surface area contributed by atoms with Crippen molar-refractivity contribution in [1.29, 1.82) is 0 Å². The molecule has 2 aliphatic rings. The zero-order valence-electron chi connectivity index (χ0n) is 14.7. The number of ether oxygens (including phenoxy) is 1. The molecule has 3 rings (SSSR count). The van der Waals surface area contributed by atoms with Gasteiger partial charge in [-0.1, -0.05) is 18.9 Å². The fourth-order valence-corrected chi connectivity index (χ4v) is 3.79. The quantitative estimate of drug-likeness (QED) is 0.828. The van der Waals surface area contributed by atoms with E-state index in [1.54, 1.807) is 6.92 Å². The third kappa shape index (κ3) is 2.97. The predicted molar refractivity (Wildman–Crippen MR) is 93.8 cm³/mol. The number of rotatable bonds is 2. The Morgan fingerprint density at radius 1 is 1.04 bits per heavy atom. The van der Waals surface area contributed by atoms with Gasteiger partial charge >= 0.3 is 5.97 Å². The molecule has 0 atom stereocenters. The van der Waals surface area contributed by atoms with Crippen LogP contribution in [0.15, 0.2) is 29.3 Å². The van der Waals surface area contributed by atoms with E-state index in [0.29, 0.717) is 11.1 Å². The number of nitrogens with one attached hydrogen (secondary N) is 1. The Morgan fingerprint density at radius 2 is 1.71 bits per heavy atom. The number of aryl methyl sites for hydroxylation is 2. The first kappa shape index (κ1) is 16.7. The maximum Gasteiger partial charge on any atom is 0.335 e. The van der Waals surface area contributed by atoms with E-state index in [2.05, 4.69) is 5.32 Å². The van der Waals surface area contributed by atoms with Crippen molar-refractivity contribution in [1.82, 2.24) is 0 Å². The predicted octanol–water partition coefficient (Wildman–Crippen LogP) is 4.21. The van der Waals surface area contributed by atoms with Crippen molar-refractivity contribution < 1.29 is 14.3 Å². The minimum Gasteiger partial charge on any atom is -0.451 e. The number of benzene rings is 1. The number of amides is 1. The highest BCUT2D eigenvalue weighted by atomic mass is 16.6. The first-order chi connectivity index (χ1) is 11.4. The van der Waals surface area contributed by atoms with E-state index in [0.717, 1.165) is 49.8 Å². The summed E-state index contributed by atoms with van der Waals surface area (Å²) in [7, 11) is 0. The van der Waals surface area contributed by atoms with Gasteiger partial charge in [-0.2, -0.15) is 0 Å². The smallest absolute Gasteiger partial charge is 0.335 e. The maximum absolute atomic E-state index is 13.0. The lowest BCUT2D eigenvalue weighted by atomic mass is 9.84. The number of anilines is 1. The molecule has 24 heavy (non-hydrogen) atoms. The third-order valence-electron chi connectivity index (χ3n) is 5.33. The summed E-state index contributed by atoms with van der Waals surface area (Å²) in [5.74, 6) is -0.550. The van der Waals surface area contributed by atoms with Crippen LogP contribution < -0.4 is 5.32 Å². The van der Waals surface area contributed by atoms with Gasteiger partial charge in [0.15, 0.2) is 0 Å². The van der Waals surface area contributed by atoms with Crippen molar-refractivity contribution in [3.05, 3.63) is 40.5 Å². The van der Waals surface area contributed by atoms with Crippen molar-refractivity contribution >= 4 is 17.6 Å². The van der Waals surface area contributed by atoms with Gasteiger partial charge in [0.25, 0.3) is 5.91 Å². The molecule has 4 heteroatoms. The molecule has 1 spiro atoms. The second kappa shape index (κ2) is 6.42. The molecule has 1 aliphatic carbocycles. The van der Waals surface area contributed by atoms with Crippen molar-refractivity contribution in [3.63, 3.8) is 0 Å². The lowest BCUT2D eigenvalue weighted by molar-refractivity contribution is -0.148. The van der Waals surface area contributed by atoms with Gasteiger partial charge in [-0.05, 0) is 69.7 Å². The Hall–Kier alpha value is -2.10. The van der Waals surface area contributed by atoms with Crippen LogP contribution in [-0.4, -0.2) is 17.5 Å². The van der Waals surface area contributed by atoms with E-state index in [1.807, 2.05) is 32.0 Å². The third-order valence-corrected chi connectivity index (χ3v) is 5.33. The molecule has 1 aromatic carbocycles. The monoisotopic (exact) mass is 327 g/mol. The van der Waals surface area contributed by atoms with Crippen molar-refractivity contribution in [2.75, 3.05) is 5.32 Å². The Bertz CT molecular complexity index is 710. The fourth-order valence-electron chi connectivity index (χ4n) is 3.79. The summed E-state index contributed by atoms with van der Waals surface area (Å²) in [6, 6.07) is 5.85. The highest BCUT2D eigenvalue weighted by Gasteiger charge is 2.48. The van der Waals surface area contributed by atoms with Gasteiger partial charge in [0.2, 0.25) is 0 Å². The van der Waals surface area contributed by atoms with Gasteiger partial charge in [-0.15, -0.1) is 0 Å². The molecule has 0 aromatic heterocycles. The van der Waals surface area contributed by atoms with Crippen LogP contribution in [0.25, 0.3) is 0 Å². The molecular weight excluding hydrogens is 302 g/mol. The van der Waals surface area contributed by atoms with Crippen molar-refractivity contribution in [2.24, 2.45) is 0 Å². The highest BCUT2D eigenvalue weighted by molar-refractivity contribution is 6.12. The topological polar surface area (TPSA) is 55.4 Å². The summed E-state index contributed by atoms with van der Waals surface area (Å²) >= 11 is 0. The number of hydrogen-bond donors (Lipinski definition) is 1. The normalized spacial score (nSPS) is 20.0. The van der Waals surface area contributed by atoms with Crippen LogP contribution in [0.4, 0.5) is 5.69 Å². The van der Waals surface area contributed by atoms with E-state index in [-0.39, 0.29) is 11.9 Å². The largest absolute Gasteiger partial charge is 0.451 e. The zero-order valence-corrected chi connectivity index (χ0v) is 14.7. The van der Waals surface area contributed by atoms with Gasteiger partial charge < -0.3 is 10.1 Å². The first-order valence-corrected chi connectivity index (χ1v) is 8.76. The number of hydrogen-bond acceptors (Lipinski definition) is 3. The molecule has 0 saturated heterocycles. The van der Waals surface area contributed by atoms with Crippen LogP contribution in [0, 0.1) is 13.8 Å². The van der Waals surface area contributed by atoms with Gasteiger partial charge in [0.05, 0.1) is 5.57 Å². The van der Waals surface area contributed by atoms with E-state index >= 15 is 0 Å². The van der Waals surface area contributed by atoms with Crippen LogP contribution in [0.3, 0.4) is 0 Å². The summed E-state index contributed by atoms with van der Waals surface area (Å²) in [6.07, 6.45) is 5.72.